The number of aromatic nitrogens is 2. The van der Waals surface area contributed by atoms with Gasteiger partial charge in [-0.3, -0.25) is 19.9 Å². The summed E-state index contributed by atoms with van der Waals surface area (Å²) in [7, 11) is 0. The Morgan fingerprint density at radius 1 is 1.25 bits per heavy atom. The summed E-state index contributed by atoms with van der Waals surface area (Å²) in [6.07, 6.45) is -0.684. The van der Waals surface area contributed by atoms with Crippen LogP contribution in [0, 0.1) is 0 Å². The molecule has 6 nitrogen and oxygen atoms in total. The first-order valence-electron chi connectivity index (χ1n) is 7.50. The molecule has 1 aliphatic heterocycles. The molecule has 1 unspecified atom stereocenters. The van der Waals surface area contributed by atoms with Crippen molar-refractivity contribution in [3.63, 3.8) is 0 Å². The highest BCUT2D eigenvalue weighted by Crippen LogP contribution is 2.24. The van der Waals surface area contributed by atoms with Gasteiger partial charge in [0.05, 0.1) is 12.6 Å². The maximum atomic E-state index is 13.1. The number of rotatable bonds is 6. The Hall–Kier alpha value is -1.81. The van der Waals surface area contributed by atoms with E-state index in [0.29, 0.717) is 13.1 Å². The summed E-state index contributed by atoms with van der Waals surface area (Å²) in [5.41, 5.74) is 0. The molecule has 0 bridgehead atoms. The summed E-state index contributed by atoms with van der Waals surface area (Å²) in [6.45, 7) is 1.77. The molecule has 1 N–H and O–H groups in total. The van der Waals surface area contributed by atoms with Gasteiger partial charge in [0.2, 0.25) is 11.9 Å². The standard InChI is InChI=1S/C14H19F4N5O/c1-10(11(24)21-13-19-3-2-4-20-13)23-7-5-22(6-8-23)9-14(17,18)12(15)16/h2-4,10,12H,5-9H2,1H3,(H,19,20,21,24). The number of hydrogen-bond acceptors (Lipinski definition) is 5. The van der Waals surface area contributed by atoms with Crippen molar-refractivity contribution >= 4 is 11.9 Å². The maximum absolute atomic E-state index is 13.1. The number of nitrogens with one attached hydrogen (secondary N) is 1. The Morgan fingerprint density at radius 2 is 1.83 bits per heavy atom. The van der Waals surface area contributed by atoms with Gasteiger partial charge < -0.3 is 0 Å². The van der Waals surface area contributed by atoms with Gasteiger partial charge in [0, 0.05) is 38.6 Å². The highest BCUT2D eigenvalue weighted by molar-refractivity contribution is 5.93. The van der Waals surface area contributed by atoms with E-state index in [-0.39, 0.29) is 24.9 Å². The third kappa shape index (κ3) is 4.84. The number of carbonyl (C=O) groups excluding carboxylic acids is 1. The molecule has 1 saturated heterocycles. The SMILES string of the molecule is CC(C(=O)Nc1ncccn1)N1CCN(CC(F)(F)C(F)F)CC1. The number of piperazine rings is 1. The van der Waals surface area contributed by atoms with Gasteiger partial charge in [-0.15, -0.1) is 0 Å². The number of alkyl halides is 4. The molecule has 1 fully saturated rings. The van der Waals surface area contributed by atoms with Crippen LogP contribution < -0.4 is 5.32 Å². The predicted molar refractivity (Wildman–Crippen MR) is 79.1 cm³/mol. The Morgan fingerprint density at radius 3 is 2.38 bits per heavy atom. The molecule has 134 valence electrons. The van der Waals surface area contributed by atoms with Crippen molar-refractivity contribution in [2.45, 2.75) is 25.3 Å². The first-order chi connectivity index (χ1) is 11.3. The monoisotopic (exact) mass is 349 g/mol. The molecule has 1 aromatic rings. The molecule has 1 aliphatic rings. The zero-order valence-corrected chi connectivity index (χ0v) is 13.1. The number of halogens is 4. The van der Waals surface area contributed by atoms with Crippen molar-refractivity contribution < 1.29 is 22.4 Å². The van der Waals surface area contributed by atoms with E-state index in [1.165, 1.54) is 17.3 Å². The third-order valence-electron chi connectivity index (χ3n) is 3.89. The fraction of sp³-hybridized carbons (Fsp3) is 0.643. The van der Waals surface area contributed by atoms with Gasteiger partial charge in [0.1, 0.15) is 0 Å². The minimum atomic E-state index is -4.02. The largest absolute Gasteiger partial charge is 0.319 e. The lowest BCUT2D eigenvalue weighted by atomic mass is 10.2. The number of nitrogens with zero attached hydrogens (tertiary/aromatic N) is 4. The van der Waals surface area contributed by atoms with Crippen molar-refractivity contribution in [2.24, 2.45) is 0 Å². The second kappa shape index (κ2) is 7.84. The van der Waals surface area contributed by atoms with Crippen molar-refractivity contribution in [1.82, 2.24) is 19.8 Å². The second-order valence-electron chi connectivity index (χ2n) is 5.61. The fourth-order valence-corrected chi connectivity index (χ4v) is 2.42. The molecule has 0 aromatic carbocycles. The van der Waals surface area contributed by atoms with Crippen molar-refractivity contribution in [1.29, 1.82) is 0 Å². The normalized spacial score (nSPS) is 18.6. The number of anilines is 1. The van der Waals surface area contributed by atoms with Crippen LogP contribution in [0.25, 0.3) is 0 Å². The Kier molecular flexibility index (Phi) is 6.05. The van der Waals surface area contributed by atoms with E-state index in [1.807, 2.05) is 0 Å². The average molecular weight is 349 g/mol. The number of hydrogen-bond donors (Lipinski definition) is 1. The fourth-order valence-electron chi connectivity index (χ4n) is 2.42. The van der Waals surface area contributed by atoms with Crippen LogP contribution in [0.3, 0.4) is 0 Å². The minimum absolute atomic E-state index is 0.185. The van der Waals surface area contributed by atoms with Gasteiger partial charge in [-0.1, -0.05) is 0 Å². The van der Waals surface area contributed by atoms with Gasteiger partial charge in [0.25, 0.3) is 0 Å². The van der Waals surface area contributed by atoms with Crippen molar-refractivity contribution in [3.05, 3.63) is 18.5 Å². The van der Waals surface area contributed by atoms with Crippen LogP contribution in [0.1, 0.15) is 6.92 Å². The lowest BCUT2D eigenvalue weighted by Gasteiger charge is -2.38. The quantitative estimate of drug-likeness (QED) is 0.785. The smallest absolute Gasteiger partial charge is 0.295 e. The summed E-state index contributed by atoms with van der Waals surface area (Å²) in [5, 5.41) is 2.57. The number of amides is 1. The first-order valence-corrected chi connectivity index (χ1v) is 7.50. The van der Waals surface area contributed by atoms with E-state index in [4.69, 9.17) is 0 Å². The van der Waals surface area contributed by atoms with E-state index in [2.05, 4.69) is 15.3 Å². The van der Waals surface area contributed by atoms with E-state index in [0.717, 1.165) is 0 Å². The van der Waals surface area contributed by atoms with E-state index >= 15 is 0 Å². The topological polar surface area (TPSA) is 61.4 Å². The van der Waals surface area contributed by atoms with Crippen LogP contribution in [0.4, 0.5) is 23.5 Å². The van der Waals surface area contributed by atoms with Gasteiger partial charge in [-0.25, -0.2) is 18.7 Å². The second-order valence-corrected chi connectivity index (χ2v) is 5.61. The molecule has 1 aromatic heterocycles. The molecule has 0 aliphatic carbocycles. The molecule has 24 heavy (non-hydrogen) atoms. The minimum Gasteiger partial charge on any atom is -0.295 e. The van der Waals surface area contributed by atoms with Crippen molar-refractivity contribution in [3.8, 4) is 0 Å². The molecule has 1 amide bonds. The molecule has 1 atom stereocenters. The summed E-state index contributed by atoms with van der Waals surface area (Å²) in [4.78, 5) is 23.0. The zero-order chi connectivity index (χ0) is 17.7. The Labute approximate surface area is 136 Å². The van der Waals surface area contributed by atoms with Gasteiger partial charge in [-0.05, 0) is 13.0 Å². The predicted octanol–water partition coefficient (Wildman–Crippen LogP) is 1.32. The highest BCUT2D eigenvalue weighted by Gasteiger charge is 2.42. The molecule has 2 rings (SSSR count). The molecular weight excluding hydrogens is 330 g/mol. The Bertz CT molecular complexity index is 537. The molecule has 0 saturated carbocycles. The molecule has 2 heterocycles. The Balaban J connectivity index is 1.82. The van der Waals surface area contributed by atoms with Crippen LogP contribution in [-0.2, 0) is 4.79 Å². The van der Waals surface area contributed by atoms with Crippen LogP contribution in [-0.4, -0.2) is 76.8 Å². The highest BCUT2D eigenvalue weighted by atomic mass is 19.3. The number of carbonyl (C=O) groups is 1. The van der Waals surface area contributed by atoms with Crippen LogP contribution in [0.2, 0.25) is 0 Å². The van der Waals surface area contributed by atoms with E-state index in [9.17, 15) is 22.4 Å². The van der Waals surface area contributed by atoms with Gasteiger partial charge >= 0.3 is 12.3 Å². The van der Waals surface area contributed by atoms with Gasteiger partial charge in [-0.2, -0.15) is 8.78 Å². The van der Waals surface area contributed by atoms with Gasteiger partial charge in [0.15, 0.2) is 0 Å². The summed E-state index contributed by atoms with van der Waals surface area (Å²) >= 11 is 0. The lowest BCUT2D eigenvalue weighted by molar-refractivity contribution is -0.146. The van der Waals surface area contributed by atoms with Crippen LogP contribution in [0.5, 0.6) is 0 Å². The molecule has 0 radical (unpaired) electrons. The van der Waals surface area contributed by atoms with Crippen LogP contribution >= 0.6 is 0 Å². The van der Waals surface area contributed by atoms with Crippen molar-refractivity contribution in [2.75, 3.05) is 38.0 Å². The third-order valence-corrected chi connectivity index (χ3v) is 3.89. The summed E-state index contributed by atoms with van der Waals surface area (Å²) in [6, 6.07) is 1.11. The zero-order valence-electron chi connectivity index (χ0n) is 13.1. The molecular formula is C14H19F4N5O. The summed E-state index contributed by atoms with van der Waals surface area (Å²) in [5.74, 6) is -4.15. The lowest BCUT2D eigenvalue weighted by Crippen LogP contribution is -2.55. The summed E-state index contributed by atoms with van der Waals surface area (Å²) < 4.78 is 50.6. The van der Waals surface area contributed by atoms with Crippen LogP contribution in [0.15, 0.2) is 18.5 Å². The maximum Gasteiger partial charge on any atom is 0.319 e. The van der Waals surface area contributed by atoms with E-state index < -0.39 is 24.9 Å². The first kappa shape index (κ1) is 18.5. The average Bonchev–Trinajstić information content (AvgIpc) is 2.55. The van der Waals surface area contributed by atoms with E-state index in [1.54, 1.807) is 17.9 Å². The molecule has 10 heteroatoms. The molecule has 0 spiro atoms.